The van der Waals surface area contributed by atoms with Gasteiger partial charge in [-0.25, -0.2) is 14.8 Å². The fraction of sp³-hybridized carbons (Fsp3) is 0.136. The Labute approximate surface area is 171 Å². The van der Waals surface area contributed by atoms with E-state index in [9.17, 15) is 4.79 Å². The van der Waals surface area contributed by atoms with E-state index >= 15 is 0 Å². The number of nitrogens with zero attached hydrogens (tertiary/aromatic N) is 3. The van der Waals surface area contributed by atoms with Crippen LogP contribution >= 0.6 is 0 Å². The standard InChI is InChI=1S/C22H17N5O3/c1-29-22(28)13-9-25-21(26-10-13)20-19(16-6-7-24-11-18(16)30-20)27-14-3-4-15-12(8-14)2-5-17(15)23/h3-4,6-11,23,27H,2,5H2,1H3. The maximum atomic E-state index is 11.7. The van der Waals surface area contributed by atoms with Crippen LogP contribution in [-0.2, 0) is 11.2 Å². The van der Waals surface area contributed by atoms with E-state index in [2.05, 4.69) is 26.3 Å². The average Bonchev–Trinajstić information content (AvgIpc) is 3.34. The van der Waals surface area contributed by atoms with Gasteiger partial charge in [-0.2, -0.15) is 0 Å². The lowest BCUT2D eigenvalue weighted by atomic mass is 10.1. The van der Waals surface area contributed by atoms with Gasteiger partial charge >= 0.3 is 5.97 Å². The highest BCUT2D eigenvalue weighted by atomic mass is 16.5. The van der Waals surface area contributed by atoms with Gasteiger partial charge in [0, 0.05) is 35.4 Å². The predicted octanol–water partition coefficient (Wildman–Crippen LogP) is 4.13. The number of rotatable bonds is 4. The Morgan fingerprint density at radius 2 is 2.00 bits per heavy atom. The van der Waals surface area contributed by atoms with E-state index in [-0.39, 0.29) is 5.56 Å². The Kier molecular flexibility index (Phi) is 4.24. The van der Waals surface area contributed by atoms with Gasteiger partial charge in [0.2, 0.25) is 0 Å². The highest BCUT2D eigenvalue weighted by Gasteiger charge is 2.21. The molecular weight excluding hydrogens is 382 g/mol. The van der Waals surface area contributed by atoms with Crippen LogP contribution < -0.4 is 5.32 Å². The molecule has 0 saturated carbocycles. The minimum Gasteiger partial charge on any atom is -0.465 e. The molecule has 5 rings (SSSR count). The van der Waals surface area contributed by atoms with Gasteiger partial charge in [0.1, 0.15) is 0 Å². The Morgan fingerprint density at radius 1 is 1.17 bits per heavy atom. The van der Waals surface area contributed by atoms with E-state index in [1.807, 2.05) is 18.2 Å². The molecule has 0 spiro atoms. The van der Waals surface area contributed by atoms with E-state index in [0.717, 1.165) is 35.0 Å². The van der Waals surface area contributed by atoms with Gasteiger partial charge in [0.25, 0.3) is 0 Å². The molecule has 0 radical (unpaired) electrons. The fourth-order valence-corrected chi connectivity index (χ4v) is 3.61. The highest BCUT2D eigenvalue weighted by molar-refractivity contribution is 6.03. The third-order valence-electron chi connectivity index (χ3n) is 5.11. The van der Waals surface area contributed by atoms with E-state index in [4.69, 9.17) is 14.6 Å². The first-order valence-electron chi connectivity index (χ1n) is 9.39. The van der Waals surface area contributed by atoms with Crippen molar-refractivity contribution in [3.63, 3.8) is 0 Å². The van der Waals surface area contributed by atoms with Crippen LogP contribution in [0.3, 0.4) is 0 Å². The number of benzene rings is 1. The number of pyridine rings is 1. The summed E-state index contributed by atoms with van der Waals surface area (Å²) in [7, 11) is 1.31. The summed E-state index contributed by atoms with van der Waals surface area (Å²) in [6.07, 6.45) is 7.78. The molecule has 148 valence electrons. The number of fused-ring (bicyclic) bond motifs is 2. The van der Waals surface area contributed by atoms with Crippen molar-refractivity contribution in [1.82, 2.24) is 15.0 Å². The monoisotopic (exact) mass is 399 g/mol. The Hall–Kier alpha value is -4.07. The Balaban J connectivity index is 1.58. The number of aromatic nitrogens is 3. The summed E-state index contributed by atoms with van der Waals surface area (Å²) in [5.41, 5.74) is 5.29. The van der Waals surface area contributed by atoms with Crippen molar-refractivity contribution in [2.45, 2.75) is 12.8 Å². The van der Waals surface area contributed by atoms with Gasteiger partial charge in [0.15, 0.2) is 17.2 Å². The smallest absolute Gasteiger partial charge is 0.341 e. The lowest BCUT2D eigenvalue weighted by Gasteiger charge is -2.09. The molecule has 0 unspecified atom stereocenters. The van der Waals surface area contributed by atoms with Crippen molar-refractivity contribution >= 4 is 34.0 Å². The van der Waals surface area contributed by atoms with Crippen LogP contribution in [0.4, 0.5) is 11.4 Å². The third-order valence-corrected chi connectivity index (χ3v) is 5.11. The van der Waals surface area contributed by atoms with Gasteiger partial charge in [-0.3, -0.25) is 4.98 Å². The van der Waals surface area contributed by atoms with E-state index in [1.165, 1.54) is 19.5 Å². The molecule has 4 aromatic rings. The molecule has 1 aromatic carbocycles. The summed E-state index contributed by atoms with van der Waals surface area (Å²) in [6.45, 7) is 0. The topological polar surface area (TPSA) is 114 Å². The Bertz CT molecular complexity index is 1290. The number of anilines is 2. The normalized spacial score (nSPS) is 12.8. The first kappa shape index (κ1) is 18.0. The van der Waals surface area contributed by atoms with Crippen molar-refractivity contribution in [2.75, 3.05) is 12.4 Å². The summed E-state index contributed by atoms with van der Waals surface area (Å²) in [5, 5.41) is 12.3. The quantitative estimate of drug-likeness (QED) is 0.496. The minimum atomic E-state index is -0.502. The van der Waals surface area contributed by atoms with Crippen LogP contribution in [0.2, 0.25) is 0 Å². The van der Waals surface area contributed by atoms with Crippen LogP contribution in [-0.4, -0.2) is 33.7 Å². The molecule has 0 atom stereocenters. The molecule has 3 aromatic heterocycles. The number of hydrogen-bond donors (Lipinski definition) is 2. The summed E-state index contributed by atoms with van der Waals surface area (Å²) in [4.78, 5) is 24.4. The first-order valence-corrected chi connectivity index (χ1v) is 9.39. The van der Waals surface area contributed by atoms with Crippen LogP contribution in [0, 0.1) is 5.41 Å². The number of furan rings is 1. The molecule has 1 aliphatic rings. The second-order valence-corrected chi connectivity index (χ2v) is 6.94. The largest absolute Gasteiger partial charge is 0.465 e. The van der Waals surface area contributed by atoms with Crippen molar-refractivity contribution < 1.29 is 13.9 Å². The summed E-state index contributed by atoms with van der Waals surface area (Å²) in [5.74, 6) is 0.282. The number of carbonyl (C=O) groups is 1. The molecule has 8 nitrogen and oxygen atoms in total. The van der Waals surface area contributed by atoms with Gasteiger partial charge in [-0.05, 0) is 42.2 Å². The number of esters is 1. The zero-order valence-corrected chi connectivity index (χ0v) is 16.1. The SMILES string of the molecule is COC(=O)c1cnc(-c2oc3cnccc3c2Nc2ccc3c(c2)CCC3=N)nc1. The molecule has 8 heteroatoms. The van der Waals surface area contributed by atoms with E-state index in [0.29, 0.717) is 28.6 Å². The molecule has 0 aliphatic heterocycles. The van der Waals surface area contributed by atoms with E-state index < -0.39 is 5.97 Å². The molecule has 0 bridgehead atoms. The van der Waals surface area contributed by atoms with Crippen LogP contribution in [0.15, 0.2) is 53.5 Å². The van der Waals surface area contributed by atoms with E-state index in [1.54, 1.807) is 12.4 Å². The first-order chi connectivity index (χ1) is 14.6. The van der Waals surface area contributed by atoms with Crippen molar-refractivity contribution in [3.05, 3.63) is 65.7 Å². The maximum absolute atomic E-state index is 11.7. The molecule has 0 amide bonds. The number of aryl methyl sites for hydroxylation is 1. The van der Waals surface area contributed by atoms with Crippen molar-refractivity contribution in [1.29, 1.82) is 5.41 Å². The lowest BCUT2D eigenvalue weighted by molar-refractivity contribution is 0.0599. The number of hydrogen-bond acceptors (Lipinski definition) is 8. The summed E-state index contributed by atoms with van der Waals surface area (Å²) >= 11 is 0. The second-order valence-electron chi connectivity index (χ2n) is 6.94. The zero-order valence-electron chi connectivity index (χ0n) is 16.1. The molecule has 0 saturated heterocycles. The van der Waals surface area contributed by atoms with Crippen LogP contribution in [0.5, 0.6) is 0 Å². The lowest BCUT2D eigenvalue weighted by Crippen LogP contribution is -2.03. The highest BCUT2D eigenvalue weighted by Crippen LogP contribution is 2.38. The van der Waals surface area contributed by atoms with Gasteiger partial charge in [-0.1, -0.05) is 6.07 Å². The molecule has 0 fully saturated rings. The van der Waals surface area contributed by atoms with Crippen LogP contribution in [0.1, 0.15) is 27.9 Å². The average molecular weight is 399 g/mol. The maximum Gasteiger partial charge on any atom is 0.341 e. The van der Waals surface area contributed by atoms with Crippen LogP contribution in [0.25, 0.3) is 22.6 Å². The zero-order chi connectivity index (χ0) is 20.7. The van der Waals surface area contributed by atoms with Gasteiger partial charge in [-0.15, -0.1) is 0 Å². The summed E-state index contributed by atoms with van der Waals surface area (Å²) < 4.78 is 10.7. The van der Waals surface area contributed by atoms with Crippen molar-refractivity contribution in [3.8, 4) is 11.6 Å². The molecule has 2 N–H and O–H groups in total. The summed E-state index contributed by atoms with van der Waals surface area (Å²) in [6, 6.07) is 7.83. The second kappa shape index (κ2) is 7.07. The number of nitrogens with one attached hydrogen (secondary N) is 2. The Morgan fingerprint density at radius 3 is 2.80 bits per heavy atom. The van der Waals surface area contributed by atoms with Crippen molar-refractivity contribution in [2.24, 2.45) is 0 Å². The van der Waals surface area contributed by atoms with Gasteiger partial charge in [0.05, 0.1) is 24.6 Å². The fourth-order valence-electron chi connectivity index (χ4n) is 3.61. The van der Waals surface area contributed by atoms with Gasteiger partial charge < -0.3 is 19.9 Å². The number of ether oxygens (including phenoxy) is 1. The molecular formula is C22H17N5O3. The molecule has 3 heterocycles. The molecule has 1 aliphatic carbocycles. The minimum absolute atomic E-state index is 0.259. The number of carbonyl (C=O) groups excluding carboxylic acids is 1. The number of methoxy groups -OCH3 is 1. The predicted molar refractivity (Wildman–Crippen MR) is 111 cm³/mol. The third kappa shape index (κ3) is 2.98. The molecule has 30 heavy (non-hydrogen) atoms.